The fourth-order valence-corrected chi connectivity index (χ4v) is 2.77. The number of amides is 1. The molecule has 1 amide bonds. The maximum absolute atomic E-state index is 12.0. The summed E-state index contributed by atoms with van der Waals surface area (Å²) in [5.74, 6) is 0.964. The normalized spacial score (nSPS) is 19.8. The first-order chi connectivity index (χ1) is 10.2. The number of methoxy groups -OCH3 is 1. The first-order valence-electron chi connectivity index (χ1n) is 7.85. The topological polar surface area (TPSA) is 50.4 Å². The second-order valence-electron chi connectivity index (χ2n) is 5.75. The molecule has 0 aromatic heterocycles. The Balaban J connectivity index is 1.75. The number of ether oxygens (including phenoxy) is 1. The van der Waals surface area contributed by atoms with Crippen molar-refractivity contribution in [2.75, 3.05) is 13.7 Å². The van der Waals surface area contributed by atoms with Crippen LogP contribution in [0.4, 0.5) is 0 Å². The number of hydrogen-bond acceptors (Lipinski definition) is 3. The number of carbonyl (C=O) groups excluding carboxylic acids is 1. The third kappa shape index (κ3) is 5.05. The van der Waals surface area contributed by atoms with E-state index in [0.29, 0.717) is 12.5 Å². The van der Waals surface area contributed by atoms with Crippen LogP contribution in [0.5, 0.6) is 5.75 Å². The van der Waals surface area contributed by atoms with E-state index in [2.05, 4.69) is 10.6 Å². The molecular formula is C17H26N2O2. The van der Waals surface area contributed by atoms with Gasteiger partial charge in [-0.25, -0.2) is 0 Å². The minimum Gasteiger partial charge on any atom is -0.497 e. The van der Waals surface area contributed by atoms with Crippen molar-refractivity contribution in [2.24, 2.45) is 0 Å². The fraction of sp³-hybridized carbons (Fsp3) is 0.588. The van der Waals surface area contributed by atoms with E-state index in [1.54, 1.807) is 7.11 Å². The van der Waals surface area contributed by atoms with Crippen LogP contribution in [0.15, 0.2) is 24.3 Å². The Morgan fingerprint density at radius 3 is 2.76 bits per heavy atom. The smallest absolute Gasteiger partial charge is 0.220 e. The van der Waals surface area contributed by atoms with Gasteiger partial charge in [0.05, 0.1) is 13.2 Å². The van der Waals surface area contributed by atoms with Gasteiger partial charge >= 0.3 is 0 Å². The molecule has 4 nitrogen and oxygen atoms in total. The second kappa shape index (κ2) is 8.03. The van der Waals surface area contributed by atoms with Crippen LogP contribution >= 0.6 is 0 Å². The number of hydrogen-bond donors (Lipinski definition) is 2. The number of nitrogens with one attached hydrogen (secondary N) is 2. The molecule has 1 fully saturated rings. The summed E-state index contributed by atoms with van der Waals surface area (Å²) in [7, 11) is 1.65. The van der Waals surface area contributed by atoms with Gasteiger partial charge in [0.2, 0.25) is 5.91 Å². The van der Waals surface area contributed by atoms with E-state index in [0.717, 1.165) is 24.3 Å². The molecule has 0 aliphatic carbocycles. The van der Waals surface area contributed by atoms with Crippen molar-refractivity contribution in [2.45, 2.75) is 51.1 Å². The first-order valence-corrected chi connectivity index (χ1v) is 7.85. The third-order valence-corrected chi connectivity index (χ3v) is 4.13. The molecule has 1 unspecified atom stereocenters. The van der Waals surface area contributed by atoms with Crippen molar-refractivity contribution in [3.63, 3.8) is 0 Å². The zero-order valence-electron chi connectivity index (χ0n) is 13.0. The van der Waals surface area contributed by atoms with E-state index in [1.807, 2.05) is 31.2 Å². The van der Waals surface area contributed by atoms with Gasteiger partial charge in [0.1, 0.15) is 5.75 Å². The lowest BCUT2D eigenvalue weighted by Crippen LogP contribution is -2.35. The van der Waals surface area contributed by atoms with Gasteiger partial charge in [0.15, 0.2) is 0 Å². The minimum atomic E-state index is 0.0303. The Labute approximate surface area is 127 Å². The van der Waals surface area contributed by atoms with Gasteiger partial charge in [-0.3, -0.25) is 4.79 Å². The lowest BCUT2D eigenvalue weighted by atomic mass is 10.00. The quantitative estimate of drug-likeness (QED) is 0.847. The molecular weight excluding hydrogens is 264 g/mol. The summed E-state index contributed by atoms with van der Waals surface area (Å²) < 4.78 is 5.14. The average molecular weight is 290 g/mol. The Bertz CT molecular complexity index is 439. The second-order valence-corrected chi connectivity index (χ2v) is 5.75. The Morgan fingerprint density at radius 1 is 1.38 bits per heavy atom. The molecule has 1 aromatic rings. The van der Waals surface area contributed by atoms with Gasteiger partial charge in [-0.05, 0) is 50.4 Å². The van der Waals surface area contributed by atoms with Crippen LogP contribution in [0.1, 0.15) is 50.6 Å². The molecule has 1 saturated heterocycles. The molecule has 0 radical (unpaired) electrons. The maximum Gasteiger partial charge on any atom is 0.220 e. The molecule has 2 N–H and O–H groups in total. The minimum absolute atomic E-state index is 0.0303. The summed E-state index contributed by atoms with van der Waals surface area (Å²) in [5.41, 5.74) is 1.10. The van der Waals surface area contributed by atoms with Crippen molar-refractivity contribution >= 4 is 5.91 Å². The van der Waals surface area contributed by atoms with Gasteiger partial charge in [0.25, 0.3) is 0 Å². The Morgan fingerprint density at radius 2 is 2.14 bits per heavy atom. The lowest BCUT2D eigenvalue weighted by Gasteiger charge is -2.23. The molecule has 0 spiro atoms. The largest absolute Gasteiger partial charge is 0.497 e. The highest BCUT2D eigenvalue weighted by Gasteiger charge is 2.15. The van der Waals surface area contributed by atoms with Crippen LogP contribution in [0.3, 0.4) is 0 Å². The summed E-state index contributed by atoms with van der Waals surface area (Å²) in [5, 5.41) is 6.54. The zero-order chi connectivity index (χ0) is 15.1. The van der Waals surface area contributed by atoms with Crippen molar-refractivity contribution in [3.8, 4) is 5.75 Å². The monoisotopic (exact) mass is 290 g/mol. The molecule has 1 aromatic carbocycles. The molecule has 2 atom stereocenters. The number of rotatable bonds is 6. The summed E-state index contributed by atoms with van der Waals surface area (Å²) in [6, 6.07) is 8.37. The molecule has 0 saturated carbocycles. The molecule has 1 aliphatic heterocycles. The predicted octanol–water partition coefficient (Wildman–Crippen LogP) is 2.79. The third-order valence-electron chi connectivity index (χ3n) is 4.13. The summed E-state index contributed by atoms with van der Waals surface area (Å²) in [6.45, 7) is 3.10. The number of piperidine rings is 1. The van der Waals surface area contributed by atoms with Crippen molar-refractivity contribution in [1.82, 2.24) is 10.6 Å². The van der Waals surface area contributed by atoms with Crippen LogP contribution < -0.4 is 15.4 Å². The molecule has 1 heterocycles. The van der Waals surface area contributed by atoms with Crippen molar-refractivity contribution in [1.29, 1.82) is 0 Å². The van der Waals surface area contributed by atoms with Crippen LogP contribution in [-0.4, -0.2) is 25.6 Å². The van der Waals surface area contributed by atoms with Gasteiger partial charge in [-0.1, -0.05) is 18.6 Å². The molecule has 116 valence electrons. The van der Waals surface area contributed by atoms with E-state index in [-0.39, 0.29) is 11.9 Å². The van der Waals surface area contributed by atoms with Gasteiger partial charge < -0.3 is 15.4 Å². The van der Waals surface area contributed by atoms with Crippen molar-refractivity contribution < 1.29 is 9.53 Å². The molecule has 4 heteroatoms. The molecule has 0 bridgehead atoms. The highest BCUT2D eigenvalue weighted by molar-refractivity contribution is 5.76. The van der Waals surface area contributed by atoms with E-state index >= 15 is 0 Å². The van der Waals surface area contributed by atoms with Gasteiger partial charge in [-0.15, -0.1) is 0 Å². The van der Waals surface area contributed by atoms with Crippen molar-refractivity contribution in [3.05, 3.63) is 29.8 Å². The van der Waals surface area contributed by atoms with E-state index in [4.69, 9.17) is 4.74 Å². The van der Waals surface area contributed by atoms with E-state index in [9.17, 15) is 4.79 Å². The Kier molecular flexibility index (Phi) is 6.05. The van der Waals surface area contributed by atoms with E-state index in [1.165, 1.54) is 19.3 Å². The molecule has 2 rings (SSSR count). The van der Waals surface area contributed by atoms with Gasteiger partial charge in [-0.2, -0.15) is 0 Å². The standard InChI is InChI=1S/C17H26N2O2/c1-13(14-6-9-16(21-2)10-7-14)19-17(20)11-8-15-5-3-4-12-18-15/h6-7,9-10,13,15,18H,3-5,8,11-12H2,1-2H3,(H,19,20)/t13-,15?/m0/s1. The highest BCUT2D eigenvalue weighted by Crippen LogP contribution is 2.18. The van der Waals surface area contributed by atoms with Crippen LogP contribution in [0.2, 0.25) is 0 Å². The van der Waals surface area contributed by atoms with Gasteiger partial charge in [0, 0.05) is 12.5 Å². The Hall–Kier alpha value is -1.55. The summed E-state index contributed by atoms with van der Waals surface area (Å²) >= 11 is 0. The van der Waals surface area contributed by atoms with E-state index < -0.39 is 0 Å². The fourth-order valence-electron chi connectivity index (χ4n) is 2.77. The molecule has 21 heavy (non-hydrogen) atoms. The highest BCUT2D eigenvalue weighted by atomic mass is 16.5. The summed E-state index contributed by atoms with van der Waals surface area (Å²) in [6.07, 6.45) is 5.26. The maximum atomic E-state index is 12.0. The predicted molar refractivity (Wildman–Crippen MR) is 84.4 cm³/mol. The zero-order valence-corrected chi connectivity index (χ0v) is 13.0. The van der Waals surface area contributed by atoms with Crippen LogP contribution in [0, 0.1) is 0 Å². The molecule has 1 aliphatic rings. The summed E-state index contributed by atoms with van der Waals surface area (Å²) in [4.78, 5) is 12.0. The van der Waals surface area contributed by atoms with Crippen LogP contribution in [-0.2, 0) is 4.79 Å². The average Bonchev–Trinajstić information content (AvgIpc) is 2.54. The van der Waals surface area contributed by atoms with Crippen LogP contribution in [0.25, 0.3) is 0 Å². The first kappa shape index (κ1) is 15.8. The lowest BCUT2D eigenvalue weighted by molar-refractivity contribution is -0.122. The SMILES string of the molecule is COc1ccc([C@H](C)NC(=O)CCC2CCCCN2)cc1. The number of carbonyl (C=O) groups is 1. The number of benzene rings is 1.